The Morgan fingerprint density at radius 1 is 1.64 bits per heavy atom. The van der Waals surface area contributed by atoms with E-state index in [4.69, 9.17) is 10.2 Å². The fourth-order valence-corrected chi connectivity index (χ4v) is 1.37. The summed E-state index contributed by atoms with van der Waals surface area (Å²) in [6, 6.07) is 3.76. The van der Waals surface area contributed by atoms with Crippen LogP contribution in [0.5, 0.6) is 0 Å². The molecule has 0 spiro atoms. The molecular weight excluding hydrogens is 180 g/mol. The van der Waals surface area contributed by atoms with Gasteiger partial charge < -0.3 is 15.3 Å². The molecule has 1 heterocycles. The SMILES string of the molecule is CN(Cc1ccco1)CC(C)(O)CN. The van der Waals surface area contributed by atoms with Crippen LogP contribution < -0.4 is 5.73 Å². The van der Waals surface area contributed by atoms with Gasteiger partial charge in [-0.3, -0.25) is 4.90 Å². The molecular formula is C10H18N2O2. The third-order valence-corrected chi connectivity index (χ3v) is 2.06. The highest BCUT2D eigenvalue weighted by molar-refractivity contribution is 4.98. The van der Waals surface area contributed by atoms with E-state index in [0.29, 0.717) is 13.1 Å². The van der Waals surface area contributed by atoms with Gasteiger partial charge in [0, 0.05) is 13.1 Å². The topological polar surface area (TPSA) is 62.6 Å². The van der Waals surface area contributed by atoms with Crippen molar-refractivity contribution in [3.8, 4) is 0 Å². The molecule has 0 bridgehead atoms. The standard InChI is InChI=1S/C10H18N2O2/c1-10(13,7-11)8-12(2)6-9-4-3-5-14-9/h3-5,13H,6-8,11H2,1-2H3. The first-order valence-electron chi connectivity index (χ1n) is 4.67. The van der Waals surface area contributed by atoms with Crippen molar-refractivity contribution in [2.75, 3.05) is 20.1 Å². The summed E-state index contributed by atoms with van der Waals surface area (Å²) in [4.78, 5) is 1.98. The lowest BCUT2D eigenvalue weighted by atomic mass is 10.1. The van der Waals surface area contributed by atoms with Gasteiger partial charge in [-0.1, -0.05) is 0 Å². The van der Waals surface area contributed by atoms with Crippen molar-refractivity contribution in [3.63, 3.8) is 0 Å². The molecule has 0 fully saturated rings. The molecule has 0 radical (unpaired) electrons. The van der Waals surface area contributed by atoms with Crippen molar-refractivity contribution in [3.05, 3.63) is 24.2 Å². The minimum Gasteiger partial charge on any atom is -0.468 e. The van der Waals surface area contributed by atoms with Crippen molar-refractivity contribution >= 4 is 0 Å². The maximum Gasteiger partial charge on any atom is 0.117 e. The number of nitrogens with zero attached hydrogens (tertiary/aromatic N) is 1. The summed E-state index contributed by atoms with van der Waals surface area (Å²) in [6.45, 7) is 3.20. The largest absolute Gasteiger partial charge is 0.468 e. The molecule has 0 saturated carbocycles. The second-order valence-corrected chi connectivity index (χ2v) is 3.95. The van der Waals surface area contributed by atoms with Crippen LogP contribution in [0.3, 0.4) is 0 Å². The Hall–Kier alpha value is -0.840. The lowest BCUT2D eigenvalue weighted by Gasteiger charge is -2.27. The molecule has 0 aliphatic rings. The number of hydrogen-bond donors (Lipinski definition) is 2. The Balaban J connectivity index is 2.40. The molecule has 1 rings (SSSR count). The maximum atomic E-state index is 9.72. The van der Waals surface area contributed by atoms with Crippen LogP contribution in [-0.4, -0.2) is 35.7 Å². The number of nitrogens with two attached hydrogens (primary N) is 1. The molecule has 0 saturated heterocycles. The smallest absolute Gasteiger partial charge is 0.117 e. The van der Waals surface area contributed by atoms with Crippen molar-refractivity contribution in [2.24, 2.45) is 5.73 Å². The highest BCUT2D eigenvalue weighted by atomic mass is 16.3. The molecule has 0 amide bonds. The van der Waals surface area contributed by atoms with E-state index in [1.165, 1.54) is 0 Å². The molecule has 4 heteroatoms. The van der Waals surface area contributed by atoms with Crippen LogP contribution in [0.4, 0.5) is 0 Å². The van der Waals surface area contributed by atoms with Crippen LogP contribution in [0.2, 0.25) is 0 Å². The van der Waals surface area contributed by atoms with E-state index >= 15 is 0 Å². The predicted molar refractivity (Wildman–Crippen MR) is 54.7 cm³/mol. The average Bonchev–Trinajstić information content (AvgIpc) is 2.55. The van der Waals surface area contributed by atoms with Gasteiger partial charge in [0.25, 0.3) is 0 Å². The van der Waals surface area contributed by atoms with Crippen molar-refractivity contribution in [1.29, 1.82) is 0 Å². The van der Waals surface area contributed by atoms with Gasteiger partial charge >= 0.3 is 0 Å². The first-order valence-corrected chi connectivity index (χ1v) is 4.67. The summed E-state index contributed by atoms with van der Waals surface area (Å²) in [7, 11) is 1.92. The Labute approximate surface area is 84.3 Å². The fraction of sp³-hybridized carbons (Fsp3) is 0.600. The Morgan fingerprint density at radius 3 is 2.86 bits per heavy atom. The quantitative estimate of drug-likeness (QED) is 0.720. The Morgan fingerprint density at radius 2 is 2.36 bits per heavy atom. The van der Waals surface area contributed by atoms with Crippen LogP contribution in [0.1, 0.15) is 12.7 Å². The first kappa shape index (κ1) is 11.2. The molecule has 0 aliphatic heterocycles. The van der Waals surface area contributed by atoms with Gasteiger partial charge in [-0.2, -0.15) is 0 Å². The highest BCUT2D eigenvalue weighted by Gasteiger charge is 2.20. The van der Waals surface area contributed by atoms with E-state index in [0.717, 1.165) is 5.76 Å². The zero-order valence-electron chi connectivity index (χ0n) is 8.73. The number of aliphatic hydroxyl groups is 1. The predicted octanol–water partition coefficient (Wildman–Crippen LogP) is 0.421. The zero-order valence-corrected chi connectivity index (χ0v) is 8.73. The molecule has 0 aliphatic carbocycles. The van der Waals surface area contributed by atoms with Crippen LogP contribution in [0.15, 0.2) is 22.8 Å². The van der Waals surface area contributed by atoms with Gasteiger partial charge in [0.1, 0.15) is 5.76 Å². The second-order valence-electron chi connectivity index (χ2n) is 3.95. The highest BCUT2D eigenvalue weighted by Crippen LogP contribution is 2.08. The summed E-state index contributed by atoms with van der Waals surface area (Å²) in [5.41, 5.74) is 4.60. The number of furan rings is 1. The van der Waals surface area contributed by atoms with Crippen molar-refractivity contribution in [1.82, 2.24) is 4.90 Å². The molecule has 4 nitrogen and oxygen atoms in total. The Bertz CT molecular complexity index is 257. The van der Waals surface area contributed by atoms with Crippen LogP contribution in [-0.2, 0) is 6.54 Å². The van der Waals surface area contributed by atoms with Gasteiger partial charge in [0.15, 0.2) is 0 Å². The van der Waals surface area contributed by atoms with Crippen molar-refractivity contribution in [2.45, 2.75) is 19.1 Å². The lowest BCUT2D eigenvalue weighted by Crippen LogP contribution is -2.44. The summed E-state index contributed by atoms with van der Waals surface area (Å²) in [5, 5.41) is 9.72. The average molecular weight is 198 g/mol. The number of hydrogen-bond acceptors (Lipinski definition) is 4. The van der Waals surface area contributed by atoms with E-state index in [-0.39, 0.29) is 6.54 Å². The van der Waals surface area contributed by atoms with E-state index in [1.807, 2.05) is 24.1 Å². The zero-order chi connectivity index (χ0) is 10.6. The molecule has 14 heavy (non-hydrogen) atoms. The molecule has 1 atom stereocenters. The molecule has 3 N–H and O–H groups in total. The summed E-state index contributed by atoms with van der Waals surface area (Å²) >= 11 is 0. The van der Waals surface area contributed by atoms with Gasteiger partial charge in [-0.25, -0.2) is 0 Å². The van der Waals surface area contributed by atoms with Gasteiger partial charge in [0.2, 0.25) is 0 Å². The molecule has 1 aromatic rings. The Kier molecular flexibility index (Phi) is 3.69. The van der Waals surface area contributed by atoms with E-state index in [9.17, 15) is 5.11 Å². The lowest BCUT2D eigenvalue weighted by molar-refractivity contribution is 0.0315. The normalized spacial score (nSPS) is 15.8. The first-order chi connectivity index (χ1) is 6.53. The maximum absolute atomic E-state index is 9.72. The van der Waals surface area contributed by atoms with Gasteiger partial charge in [-0.05, 0) is 26.1 Å². The number of likely N-dealkylation sites (N-methyl/N-ethyl adjacent to an activating group) is 1. The summed E-state index contributed by atoms with van der Waals surface area (Å²) in [5.74, 6) is 0.889. The van der Waals surface area contributed by atoms with E-state index in [1.54, 1.807) is 13.2 Å². The molecule has 1 unspecified atom stereocenters. The summed E-state index contributed by atoms with van der Waals surface area (Å²) < 4.78 is 5.20. The molecule has 0 aromatic carbocycles. The fourth-order valence-electron chi connectivity index (χ4n) is 1.37. The number of rotatable bonds is 5. The molecule has 80 valence electrons. The van der Waals surface area contributed by atoms with Crippen LogP contribution in [0.25, 0.3) is 0 Å². The van der Waals surface area contributed by atoms with Gasteiger partial charge in [0.05, 0.1) is 18.4 Å². The summed E-state index contributed by atoms with van der Waals surface area (Å²) in [6.07, 6.45) is 1.64. The molecule has 1 aromatic heterocycles. The van der Waals surface area contributed by atoms with Crippen LogP contribution >= 0.6 is 0 Å². The third kappa shape index (κ3) is 3.49. The van der Waals surface area contributed by atoms with Crippen LogP contribution in [0, 0.1) is 0 Å². The second kappa shape index (κ2) is 4.59. The van der Waals surface area contributed by atoms with E-state index < -0.39 is 5.60 Å². The monoisotopic (exact) mass is 198 g/mol. The van der Waals surface area contributed by atoms with Gasteiger partial charge in [-0.15, -0.1) is 0 Å². The minimum absolute atomic E-state index is 0.259. The minimum atomic E-state index is -0.832. The third-order valence-electron chi connectivity index (χ3n) is 2.06. The van der Waals surface area contributed by atoms with Crippen molar-refractivity contribution < 1.29 is 9.52 Å². The van der Waals surface area contributed by atoms with E-state index in [2.05, 4.69) is 0 Å².